The Morgan fingerprint density at radius 1 is 1.19 bits per heavy atom. The fraction of sp³-hybridized carbons (Fsp3) is 0.423. The van der Waals surface area contributed by atoms with E-state index < -0.39 is 6.10 Å². The van der Waals surface area contributed by atoms with Gasteiger partial charge in [-0.25, -0.2) is 9.48 Å². The average Bonchev–Trinajstić information content (AvgIpc) is 3.64. The van der Waals surface area contributed by atoms with Crippen LogP contribution in [0.4, 0.5) is 0 Å². The number of carbonyl (C=O) groups is 2. The molecule has 1 fully saturated rings. The maximum Gasteiger partial charge on any atom is 0.338 e. The normalized spacial score (nSPS) is 20.2. The molecule has 2 unspecified atom stereocenters. The molecule has 3 heterocycles. The Morgan fingerprint density at radius 3 is 2.81 bits per heavy atom. The van der Waals surface area contributed by atoms with Gasteiger partial charge in [0, 0.05) is 38.3 Å². The van der Waals surface area contributed by atoms with Crippen molar-refractivity contribution in [3.05, 3.63) is 70.0 Å². The lowest BCUT2D eigenvalue weighted by Gasteiger charge is -2.37. The zero-order valence-electron chi connectivity index (χ0n) is 20.1. The number of piperazine rings is 1. The summed E-state index contributed by atoms with van der Waals surface area (Å²) in [5, 5.41) is 22.3. The largest absolute Gasteiger partial charge is 0.457 e. The van der Waals surface area contributed by atoms with Gasteiger partial charge in [-0.1, -0.05) is 12.1 Å². The maximum atomic E-state index is 13.4. The van der Waals surface area contributed by atoms with Gasteiger partial charge in [0.1, 0.15) is 12.9 Å². The highest BCUT2D eigenvalue weighted by atomic mass is 16.5. The number of aromatic nitrogens is 4. The molecule has 0 radical (unpaired) electrons. The first-order valence-electron chi connectivity index (χ1n) is 12.3. The van der Waals surface area contributed by atoms with Gasteiger partial charge in [-0.15, -0.1) is 5.10 Å². The quantitative estimate of drug-likeness (QED) is 0.538. The smallest absolute Gasteiger partial charge is 0.338 e. The lowest BCUT2D eigenvalue weighted by molar-refractivity contribution is -0.134. The molecule has 1 aliphatic carbocycles. The van der Waals surface area contributed by atoms with Gasteiger partial charge in [-0.3, -0.25) is 9.69 Å². The van der Waals surface area contributed by atoms with Crippen LogP contribution in [0.25, 0.3) is 5.69 Å². The first-order valence-corrected chi connectivity index (χ1v) is 12.3. The number of hydrogen-bond acceptors (Lipinski definition) is 8. The molecular formula is C26H28N6O4. The number of β-amino-alcohol motifs (C(OH)–C–C–N with tert-alkyl or cyclic N) is 1. The highest BCUT2D eigenvalue weighted by Gasteiger charge is 2.34. The third-order valence-corrected chi connectivity index (χ3v) is 7.80. The second kappa shape index (κ2) is 9.11. The molecule has 3 aromatic rings. The van der Waals surface area contributed by atoms with Crippen LogP contribution in [0.1, 0.15) is 56.6 Å². The Morgan fingerprint density at radius 2 is 2.03 bits per heavy atom. The van der Waals surface area contributed by atoms with Crippen LogP contribution in [0.3, 0.4) is 0 Å². The molecule has 3 aliphatic rings. The van der Waals surface area contributed by atoms with Crippen molar-refractivity contribution in [2.45, 2.75) is 38.4 Å². The van der Waals surface area contributed by atoms with Gasteiger partial charge in [0.05, 0.1) is 23.3 Å². The Bertz CT molecular complexity index is 1320. The number of hydrogen-bond donors (Lipinski definition) is 1. The number of aliphatic hydroxyl groups is 1. The van der Waals surface area contributed by atoms with Crippen molar-refractivity contribution in [1.82, 2.24) is 30.0 Å². The van der Waals surface area contributed by atoms with Gasteiger partial charge in [-0.2, -0.15) is 0 Å². The predicted molar refractivity (Wildman–Crippen MR) is 128 cm³/mol. The van der Waals surface area contributed by atoms with E-state index in [9.17, 15) is 14.7 Å². The standard InChI is InChI=1S/C26H28N6O4/c1-16-19(6-7-22-23(16)14-36-26(22)35)24(33)13-30-8-10-31(11-9-30)25(34)21-4-2-17-12-18(3-5-20(17)21)32-15-27-28-29-32/h3,5-7,12,15,21,24,33H,2,4,8-11,13-14H2,1H3. The summed E-state index contributed by atoms with van der Waals surface area (Å²) in [4.78, 5) is 29.3. The molecule has 186 valence electrons. The first kappa shape index (κ1) is 22.8. The van der Waals surface area contributed by atoms with Crippen LogP contribution >= 0.6 is 0 Å². The third kappa shape index (κ3) is 3.96. The van der Waals surface area contributed by atoms with E-state index in [-0.39, 0.29) is 24.4 Å². The number of esters is 1. The lowest BCUT2D eigenvalue weighted by atomic mass is 9.95. The third-order valence-electron chi connectivity index (χ3n) is 7.80. The van der Waals surface area contributed by atoms with Crippen molar-refractivity contribution >= 4 is 11.9 Å². The molecule has 10 heteroatoms. The van der Waals surface area contributed by atoms with E-state index in [1.54, 1.807) is 17.1 Å². The molecule has 2 aromatic carbocycles. The number of ether oxygens (including phenoxy) is 1. The van der Waals surface area contributed by atoms with Gasteiger partial charge in [-0.05, 0) is 70.6 Å². The zero-order valence-corrected chi connectivity index (χ0v) is 20.1. The minimum atomic E-state index is -0.663. The summed E-state index contributed by atoms with van der Waals surface area (Å²) in [6.07, 6.45) is 2.58. The van der Waals surface area contributed by atoms with Crippen molar-refractivity contribution in [3.63, 3.8) is 0 Å². The van der Waals surface area contributed by atoms with Gasteiger partial charge in [0.25, 0.3) is 0 Å². The minimum absolute atomic E-state index is 0.112. The van der Waals surface area contributed by atoms with Crippen LogP contribution in [-0.4, -0.2) is 79.7 Å². The summed E-state index contributed by atoms with van der Waals surface area (Å²) in [6, 6.07) is 9.64. The second-order valence-electron chi connectivity index (χ2n) is 9.75. The average molecular weight is 489 g/mol. The molecule has 1 N–H and O–H groups in total. The number of cyclic esters (lactones) is 1. The Hall–Kier alpha value is -3.63. The molecule has 0 saturated carbocycles. The number of aliphatic hydroxyl groups excluding tert-OH is 1. The first-order chi connectivity index (χ1) is 17.5. The topological polar surface area (TPSA) is 114 Å². The van der Waals surface area contributed by atoms with Crippen molar-refractivity contribution in [1.29, 1.82) is 0 Å². The zero-order chi connectivity index (χ0) is 24.8. The number of benzene rings is 2. The van der Waals surface area contributed by atoms with Crippen LogP contribution in [0.2, 0.25) is 0 Å². The summed E-state index contributed by atoms with van der Waals surface area (Å²) >= 11 is 0. The monoisotopic (exact) mass is 488 g/mol. The van der Waals surface area contributed by atoms with Crippen molar-refractivity contribution < 1.29 is 19.4 Å². The molecule has 6 rings (SSSR count). The van der Waals surface area contributed by atoms with E-state index in [2.05, 4.69) is 26.5 Å². The van der Waals surface area contributed by atoms with E-state index in [0.29, 0.717) is 38.3 Å². The number of rotatable bonds is 5. The van der Waals surface area contributed by atoms with E-state index in [4.69, 9.17) is 4.74 Å². The lowest BCUT2D eigenvalue weighted by Crippen LogP contribution is -2.50. The minimum Gasteiger partial charge on any atom is -0.457 e. The van der Waals surface area contributed by atoms with Crippen LogP contribution in [0.15, 0.2) is 36.7 Å². The highest BCUT2D eigenvalue weighted by molar-refractivity contribution is 5.94. The molecule has 0 bridgehead atoms. The van der Waals surface area contributed by atoms with E-state index in [1.165, 1.54) is 5.56 Å². The number of carbonyl (C=O) groups excluding carboxylic acids is 2. The number of fused-ring (bicyclic) bond motifs is 2. The van der Waals surface area contributed by atoms with Crippen LogP contribution in [-0.2, 0) is 22.6 Å². The molecular weight excluding hydrogens is 460 g/mol. The summed E-state index contributed by atoms with van der Waals surface area (Å²) < 4.78 is 6.76. The van der Waals surface area contributed by atoms with E-state index in [1.807, 2.05) is 30.0 Å². The summed E-state index contributed by atoms with van der Waals surface area (Å²) in [7, 11) is 0. The fourth-order valence-electron chi connectivity index (χ4n) is 5.73. The molecule has 1 saturated heterocycles. The van der Waals surface area contributed by atoms with Crippen LogP contribution in [0.5, 0.6) is 0 Å². The summed E-state index contributed by atoms with van der Waals surface area (Å²) in [5.41, 5.74) is 6.39. The number of tetrazole rings is 1. The van der Waals surface area contributed by atoms with Crippen molar-refractivity contribution in [2.75, 3.05) is 32.7 Å². The second-order valence-corrected chi connectivity index (χ2v) is 9.75. The SMILES string of the molecule is Cc1c(C(O)CN2CCN(C(=O)C3CCc4cc(-n5cnnn5)ccc43)CC2)ccc2c1COC2=O. The Kier molecular flexibility index (Phi) is 5.77. The Labute approximate surface area is 208 Å². The van der Waals surface area contributed by atoms with Gasteiger partial charge in [0.2, 0.25) is 5.91 Å². The molecule has 2 aliphatic heterocycles. The van der Waals surface area contributed by atoms with Gasteiger partial charge < -0.3 is 14.7 Å². The fourth-order valence-corrected chi connectivity index (χ4v) is 5.73. The van der Waals surface area contributed by atoms with Crippen LogP contribution < -0.4 is 0 Å². The summed E-state index contributed by atoms with van der Waals surface area (Å²) in [6.45, 7) is 5.41. The molecule has 2 atom stereocenters. The van der Waals surface area contributed by atoms with Crippen molar-refractivity contribution in [3.8, 4) is 5.69 Å². The number of amides is 1. The van der Waals surface area contributed by atoms with Gasteiger partial charge in [0.15, 0.2) is 0 Å². The van der Waals surface area contributed by atoms with Crippen LogP contribution in [0, 0.1) is 6.92 Å². The Balaban J connectivity index is 1.07. The molecule has 0 spiro atoms. The predicted octanol–water partition coefficient (Wildman–Crippen LogP) is 1.55. The van der Waals surface area contributed by atoms with E-state index >= 15 is 0 Å². The number of aryl methyl sites for hydroxylation is 1. The molecule has 10 nitrogen and oxygen atoms in total. The summed E-state index contributed by atoms with van der Waals surface area (Å²) in [5.74, 6) is -0.227. The van der Waals surface area contributed by atoms with Gasteiger partial charge >= 0.3 is 5.97 Å². The molecule has 1 aromatic heterocycles. The van der Waals surface area contributed by atoms with Crippen molar-refractivity contribution in [2.24, 2.45) is 0 Å². The number of nitrogens with zero attached hydrogens (tertiary/aromatic N) is 6. The molecule has 1 amide bonds. The molecule has 36 heavy (non-hydrogen) atoms. The maximum absolute atomic E-state index is 13.4. The highest BCUT2D eigenvalue weighted by Crippen LogP contribution is 2.36. The van der Waals surface area contributed by atoms with E-state index in [0.717, 1.165) is 40.8 Å².